The molecule has 0 saturated carbocycles. The van der Waals surface area contributed by atoms with Crippen LogP contribution in [0.5, 0.6) is 0 Å². The van der Waals surface area contributed by atoms with Crippen molar-refractivity contribution in [1.29, 1.82) is 0 Å². The Morgan fingerprint density at radius 2 is 2.12 bits per heavy atom. The van der Waals surface area contributed by atoms with E-state index in [1.54, 1.807) is 4.52 Å². The number of rotatable bonds is 4. The third kappa shape index (κ3) is 2.96. The Balaban J connectivity index is 2.14. The Kier molecular flexibility index (Phi) is 3.31. The molecule has 0 amide bonds. The Hall–Kier alpha value is -1.58. The molecular weight excluding hydrogens is 212 g/mol. The van der Waals surface area contributed by atoms with Crippen molar-refractivity contribution in [3.8, 4) is 0 Å². The van der Waals surface area contributed by atoms with Gasteiger partial charge in [-0.1, -0.05) is 13.8 Å². The minimum atomic E-state index is 0.397. The summed E-state index contributed by atoms with van der Waals surface area (Å²) in [6.07, 6.45) is 3.06. The van der Waals surface area contributed by atoms with Gasteiger partial charge in [0.05, 0.1) is 0 Å². The van der Waals surface area contributed by atoms with Crippen molar-refractivity contribution in [3.05, 3.63) is 23.9 Å². The molecule has 0 spiro atoms. The van der Waals surface area contributed by atoms with Crippen molar-refractivity contribution in [2.75, 3.05) is 5.32 Å². The molecule has 4 heteroatoms. The first-order chi connectivity index (χ1) is 8.04. The van der Waals surface area contributed by atoms with E-state index in [0.717, 1.165) is 12.1 Å². The van der Waals surface area contributed by atoms with Gasteiger partial charge in [-0.15, -0.1) is 5.10 Å². The van der Waals surface area contributed by atoms with E-state index in [0.29, 0.717) is 17.9 Å². The highest BCUT2D eigenvalue weighted by atomic mass is 15.3. The number of nitrogens with one attached hydrogen (secondary N) is 1. The van der Waals surface area contributed by atoms with Gasteiger partial charge in [-0.05, 0) is 43.9 Å². The SMILES string of the molecule is Cc1ccn2nc(NC(C)CC(C)C)nc2c1. The smallest absolute Gasteiger partial charge is 0.243 e. The Morgan fingerprint density at radius 1 is 1.35 bits per heavy atom. The zero-order chi connectivity index (χ0) is 12.4. The van der Waals surface area contributed by atoms with E-state index in [-0.39, 0.29) is 0 Å². The quantitative estimate of drug-likeness (QED) is 0.881. The van der Waals surface area contributed by atoms with E-state index < -0.39 is 0 Å². The van der Waals surface area contributed by atoms with Crippen molar-refractivity contribution < 1.29 is 0 Å². The number of fused-ring (bicyclic) bond motifs is 1. The molecule has 0 aliphatic rings. The number of hydrogen-bond acceptors (Lipinski definition) is 3. The minimum Gasteiger partial charge on any atom is -0.350 e. The summed E-state index contributed by atoms with van der Waals surface area (Å²) in [7, 11) is 0. The van der Waals surface area contributed by atoms with Crippen molar-refractivity contribution in [2.24, 2.45) is 5.92 Å². The predicted octanol–water partition coefficient (Wildman–Crippen LogP) is 2.88. The first-order valence-electron chi connectivity index (χ1n) is 6.14. The second kappa shape index (κ2) is 4.73. The number of nitrogens with zero attached hydrogens (tertiary/aromatic N) is 3. The molecule has 17 heavy (non-hydrogen) atoms. The average Bonchev–Trinajstić information content (AvgIpc) is 2.57. The maximum Gasteiger partial charge on any atom is 0.243 e. The molecule has 4 nitrogen and oxygen atoms in total. The average molecular weight is 232 g/mol. The molecule has 2 aromatic heterocycles. The molecule has 1 atom stereocenters. The monoisotopic (exact) mass is 232 g/mol. The molecule has 0 fully saturated rings. The summed E-state index contributed by atoms with van der Waals surface area (Å²) in [6.45, 7) is 8.66. The molecule has 0 aromatic carbocycles. The summed E-state index contributed by atoms with van der Waals surface area (Å²) in [5, 5.41) is 7.73. The van der Waals surface area contributed by atoms with Gasteiger partial charge in [-0.2, -0.15) is 4.98 Å². The van der Waals surface area contributed by atoms with Crippen LogP contribution in [0.4, 0.5) is 5.95 Å². The molecule has 2 rings (SSSR count). The van der Waals surface area contributed by atoms with Crippen molar-refractivity contribution >= 4 is 11.6 Å². The fourth-order valence-corrected chi connectivity index (χ4v) is 2.03. The van der Waals surface area contributed by atoms with E-state index in [4.69, 9.17) is 0 Å². The van der Waals surface area contributed by atoms with E-state index in [1.165, 1.54) is 5.56 Å². The highest BCUT2D eigenvalue weighted by Gasteiger charge is 2.08. The third-order valence-corrected chi connectivity index (χ3v) is 2.69. The summed E-state index contributed by atoms with van der Waals surface area (Å²) in [6, 6.07) is 4.46. The molecule has 0 bridgehead atoms. The predicted molar refractivity (Wildman–Crippen MR) is 70.3 cm³/mol. The lowest BCUT2D eigenvalue weighted by atomic mass is 10.1. The maximum absolute atomic E-state index is 4.46. The third-order valence-electron chi connectivity index (χ3n) is 2.69. The first kappa shape index (κ1) is 11.9. The fraction of sp³-hybridized carbons (Fsp3) is 0.538. The number of aromatic nitrogens is 3. The molecule has 1 unspecified atom stereocenters. The number of hydrogen-bond donors (Lipinski definition) is 1. The molecule has 2 heterocycles. The van der Waals surface area contributed by atoms with Crippen LogP contribution in [0.2, 0.25) is 0 Å². The standard InChI is InChI=1S/C13H20N4/c1-9(2)7-11(4)14-13-15-12-8-10(3)5-6-17(12)16-13/h5-6,8-9,11H,7H2,1-4H3,(H,14,16). The normalized spacial score (nSPS) is 13.2. The van der Waals surface area contributed by atoms with E-state index >= 15 is 0 Å². The Morgan fingerprint density at radius 3 is 2.82 bits per heavy atom. The summed E-state index contributed by atoms with van der Waals surface area (Å²) in [5.74, 6) is 1.39. The van der Waals surface area contributed by atoms with Gasteiger partial charge in [0.2, 0.25) is 5.95 Å². The van der Waals surface area contributed by atoms with E-state index in [2.05, 4.69) is 43.1 Å². The van der Waals surface area contributed by atoms with Gasteiger partial charge < -0.3 is 5.32 Å². The summed E-state index contributed by atoms with van der Waals surface area (Å²) in [4.78, 5) is 4.46. The van der Waals surface area contributed by atoms with Gasteiger partial charge in [0.25, 0.3) is 0 Å². The lowest BCUT2D eigenvalue weighted by Crippen LogP contribution is -2.18. The maximum atomic E-state index is 4.46. The highest BCUT2D eigenvalue weighted by molar-refractivity contribution is 5.45. The van der Waals surface area contributed by atoms with Crippen LogP contribution in [-0.2, 0) is 0 Å². The fourth-order valence-electron chi connectivity index (χ4n) is 2.03. The van der Waals surface area contributed by atoms with Crippen LogP contribution < -0.4 is 5.32 Å². The van der Waals surface area contributed by atoms with Crippen molar-refractivity contribution in [3.63, 3.8) is 0 Å². The van der Waals surface area contributed by atoms with Gasteiger partial charge >= 0.3 is 0 Å². The second-order valence-corrected chi connectivity index (χ2v) is 5.12. The Bertz CT molecular complexity index is 501. The van der Waals surface area contributed by atoms with Crippen LogP contribution in [0.3, 0.4) is 0 Å². The number of aryl methyl sites for hydroxylation is 1. The van der Waals surface area contributed by atoms with E-state index in [1.807, 2.05) is 18.3 Å². The number of pyridine rings is 1. The van der Waals surface area contributed by atoms with Gasteiger partial charge in [0.1, 0.15) is 0 Å². The zero-order valence-electron chi connectivity index (χ0n) is 10.9. The molecule has 2 aromatic rings. The molecule has 92 valence electrons. The molecule has 0 aliphatic carbocycles. The number of anilines is 1. The van der Waals surface area contributed by atoms with Crippen LogP contribution in [-0.4, -0.2) is 20.6 Å². The van der Waals surface area contributed by atoms with Gasteiger partial charge in [-0.25, -0.2) is 4.52 Å². The van der Waals surface area contributed by atoms with Gasteiger partial charge in [-0.3, -0.25) is 0 Å². The first-order valence-corrected chi connectivity index (χ1v) is 6.14. The van der Waals surface area contributed by atoms with Crippen molar-refractivity contribution in [1.82, 2.24) is 14.6 Å². The summed E-state index contributed by atoms with van der Waals surface area (Å²) < 4.78 is 1.80. The molecule has 1 N–H and O–H groups in total. The molecule has 0 saturated heterocycles. The van der Waals surface area contributed by atoms with Crippen molar-refractivity contribution in [2.45, 2.75) is 40.2 Å². The van der Waals surface area contributed by atoms with Crippen LogP contribution in [0, 0.1) is 12.8 Å². The Labute approximate surface area is 102 Å². The largest absolute Gasteiger partial charge is 0.350 e. The zero-order valence-corrected chi connectivity index (χ0v) is 10.9. The topological polar surface area (TPSA) is 42.2 Å². The second-order valence-electron chi connectivity index (χ2n) is 5.12. The van der Waals surface area contributed by atoms with Crippen LogP contribution in [0.25, 0.3) is 5.65 Å². The molecule has 0 aliphatic heterocycles. The lowest BCUT2D eigenvalue weighted by molar-refractivity contribution is 0.537. The van der Waals surface area contributed by atoms with Gasteiger partial charge in [0, 0.05) is 12.2 Å². The minimum absolute atomic E-state index is 0.397. The summed E-state index contributed by atoms with van der Waals surface area (Å²) >= 11 is 0. The van der Waals surface area contributed by atoms with Crippen LogP contribution in [0.1, 0.15) is 32.8 Å². The highest BCUT2D eigenvalue weighted by Crippen LogP contribution is 2.11. The van der Waals surface area contributed by atoms with Crippen LogP contribution >= 0.6 is 0 Å². The van der Waals surface area contributed by atoms with E-state index in [9.17, 15) is 0 Å². The molecular formula is C13H20N4. The summed E-state index contributed by atoms with van der Waals surface area (Å²) in [5.41, 5.74) is 2.09. The lowest BCUT2D eigenvalue weighted by Gasteiger charge is -2.13. The van der Waals surface area contributed by atoms with Crippen LogP contribution in [0.15, 0.2) is 18.3 Å². The molecule has 0 radical (unpaired) electrons. The van der Waals surface area contributed by atoms with Gasteiger partial charge in [0.15, 0.2) is 5.65 Å².